The zero-order chi connectivity index (χ0) is 14.1. The molecule has 0 fully saturated rings. The van der Waals surface area contributed by atoms with Crippen molar-refractivity contribution in [3.63, 3.8) is 0 Å². The smallest absolute Gasteiger partial charge is 0.0482 e. The van der Waals surface area contributed by atoms with Crippen LogP contribution in [0.5, 0.6) is 0 Å². The zero-order valence-electron chi connectivity index (χ0n) is 11.9. The third-order valence-corrected chi connectivity index (χ3v) is 6.53. The molecule has 0 aliphatic heterocycles. The predicted octanol–water partition coefficient (Wildman–Crippen LogP) is 5.20. The summed E-state index contributed by atoms with van der Waals surface area (Å²) in [4.78, 5) is 2.81. The molecule has 3 heteroatoms. The Labute approximate surface area is 133 Å². The first-order valence-corrected chi connectivity index (χ1v) is 8.82. The van der Waals surface area contributed by atoms with E-state index in [0.717, 1.165) is 0 Å². The molecule has 1 aliphatic carbocycles. The highest BCUT2D eigenvalue weighted by Crippen LogP contribution is 2.43. The molecule has 1 nitrogen and oxygen atoms in total. The van der Waals surface area contributed by atoms with E-state index in [4.69, 9.17) is 0 Å². The molecule has 2 aromatic rings. The highest BCUT2D eigenvalue weighted by molar-refractivity contribution is 9.10. The molecule has 3 rings (SSSR count). The minimum atomic E-state index is 0.423. The second-order valence-electron chi connectivity index (χ2n) is 5.52. The van der Waals surface area contributed by atoms with Gasteiger partial charge in [-0.1, -0.05) is 24.3 Å². The van der Waals surface area contributed by atoms with Gasteiger partial charge in [0, 0.05) is 26.2 Å². The molecule has 2 atom stereocenters. The molecule has 0 saturated carbocycles. The molecule has 1 aromatic carbocycles. The van der Waals surface area contributed by atoms with Crippen molar-refractivity contribution in [2.75, 3.05) is 7.05 Å². The van der Waals surface area contributed by atoms with Gasteiger partial charge in [-0.15, -0.1) is 11.3 Å². The van der Waals surface area contributed by atoms with E-state index in [9.17, 15) is 0 Å². The van der Waals surface area contributed by atoms with E-state index >= 15 is 0 Å². The summed E-state index contributed by atoms with van der Waals surface area (Å²) in [6, 6.07) is 11.7. The molecule has 1 aromatic heterocycles. The van der Waals surface area contributed by atoms with Crippen molar-refractivity contribution in [3.8, 4) is 0 Å². The first-order chi connectivity index (χ1) is 9.70. The third-order valence-electron chi connectivity index (χ3n) is 4.31. The number of nitrogens with one attached hydrogen (secondary N) is 1. The summed E-state index contributed by atoms with van der Waals surface area (Å²) in [5, 5.41) is 3.56. The van der Waals surface area contributed by atoms with E-state index in [1.165, 1.54) is 39.1 Å². The fraction of sp³-hybridized carbons (Fsp3) is 0.412. The molecule has 20 heavy (non-hydrogen) atoms. The summed E-state index contributed by atoms with van der Waals surface area (Å²) in [6.07, 6.45) is 3.80. The molecule has 0 bridgehead atoms. The lowest BCUT2D eigenvalue weighted by Gasteiger charge is -2.31. The first-order valence-electron chi connectivity index (χ1n) is 7.21. The van der Waals surface area contributed by atoms with Gasteiger partial charge in [-0.2, -0.15) is 0 Å². The van der Waals surface area contributed by atoms with Crippen molar-refractivity contribution in [1.29, 1.82) is 0 Å². The monoisotopic (exact) mass is 349 g/mol. The Bertz CT molecular complexity index is 585. The van der Waals surface area contributed by atoms with Crippen LogP contribution in [0.4, 0.5) is 0 Å². The summed E-state index contributed by atoms with van der Waals surface area (Å²) in [5.41, 5.74) is 3.08. The van der Waals surface area contributed by atoms with E-state index < -0.39 is 0 Å². The molecule has 1 heterocycles. The van der Waals surface area contributed by atoms with Crippen LogP contribution in [0.15, 0.2) is 34.8 Å². The number of likely N-dealkylation sites (N-methyl/N-ethyl adjacent to an activating group) is 1. The van der Waals surface area contributed by atoms with Gasteiger partial charge in [0.25, 0.3) is 0 Å². The number of thiophene rings is 1. The van der Waals surface area contributed by atoms with E-state index in [-0.39, 0.29) is 0 Å². The van der Waals surface area contributed by atoms with Gasteiger partial charge in [-0.3, -0.25) is 0 Å². The number of hydrogen-bond acceptors (Lipinski definition) is 2. The molecule has 0 saturated heterocycles. The topological polar surface area (TPSA) is 12.0 Å². The Balaban J connectivity index is 1.98. The molecular weight excluding hydrogens is 330 g/mol. The van der Waals surface area contributed by atoms with Crippen LogP contribution < -0.4 is 5.32 Å². The molecule has 0 radical (unpaired) electrons. The maximum absolute atomic E-state index is 3.65. The van der Waals surface area contributed by atoms with E-state index in [2.05, 4.69) is 65.5 Å². The second-order valence-corrected chi connectivity index (χ2v) is 7.66. The van der Waals surface area contributed by atoms with Gasteiger partial charge in [0.1, 0.15) is 0 Å². The van der Waals surface area contributed by atoms with Crippen LogP contribution >= 0.6 is 27.3 Å². The Kier molecular flexibility index (Phi) is 4.29. The minimum absolute atomic E-state index is 0.423. The molecule has 1 N–H and O–H groups in total. The van der Waals surface area contributed by atoms with Gasteiger partial charge in [0.05, 0.1) is 0 Å². The van der Waals surface area contributed by atoms with Crippen molar-refractivity contribution >= 4 is 27.3 Å². The van der Waals surface area contributed by atoms with Crippen LogP contribution in [0.3, 0.4) is 0 Å². The number of benzene rings is 1. The van der Waals surface area contributed by atoms with Gasteiger partial charge < -0.3 is 5.32 Å². The van der Waals surface area contributed by atoms with E-state index in [0.29, 0.717) is 12.0 Å². The van der Waals surface area contributed by atoms with Crippen molar-refractivity contribution in [2.24, 2.45) is 0 Å². The standard InChI is InChI=1S/C17H20BrNS/c1-11-15(18)10-16(20-11)17(19-2)14-9-5-7-12-6-3-4-8-13(12)14/h3-4,6,8,10,14,17,19H,5,7,9H2,1-2H3. The fourth-order valence-corrected chi connectivity index (χ4v) is 5.05. The Morgan fingerprint density at radius 1 is 1.35 bits per heavy atom. The van der Waals surface area contributed by atoms with Crippen molar-refractivity contribution in [3.05, 3.63) is 55.7 Å². The van der Waals surface area contributed by atoms with Crippen LogP contribution in [0.1, 0.15) is 45.7 Å². The number of rotatable bonds is 3. The quantitative estimate of drug-likeness (QED) is 0.802. The lowest BCUT2D eigenvalue weighted by molar-refractivity contribution is 0.430. The predicted molar refractivity (Wildman–Crippen MR) is 90.7 cm³/mol. The lowest BCUT2D eigenvalue weighted by Crippen LogP contribution is -2.26. The van der Waals surface area contributed by atoms with E-state index in [1.54, 1.807) is 5.56 Å². The molecule has 106 valence electrons. The molecule has 0 amide bonds. The summed E-state index contributed by atoms with van der Waals surface area (Å²) in [7, 11) is 2.09. The maximum Gasteiger partial charge on any atom is 0.0482 e. The fourth-order valence-electron chi connectivity index (χ4n) is 3.31. The second kappa shape index (κ2) is 6.00. The molecule has 0 spiro atoms. The Morgan fingerprint density at radius 2 is 2.15 bits per heavy atom. The highest BCUT2D eigenvalue weighted by Gasteiger charge is 2.29. The van der Waals surface area contributed by atoms with Gasteiger partial charge in [0.15, 0.2) is 0 Å². The largest absolute Gasteiger partial charge is 0.312 e. The van der Waals surface area contributed by atoms with Gasteiger partial charge >= 0.3 is 0 Å². The van der Waals surface area contributed by atoms with Crippen LogP contribution in [-0.4, -0.2) is 7.05 Å². The third kappa shape index (κ3) is 2.59. The lowest BCUT2D eigenvalue weighted by atomic mass is 9.78. The van der Waals surface area contributed by atoms with E-state index in [1.807, 2.05) is 11.3 Å². The summed E-state index contributed by atoms with van der Waals surface area (Å²) in [5.74, 6) is 0.592. The SMILES string of the molecule is CNC(c1cc(Br)c(C)s1)C1CCCc2ccccc21. The average Bonchev–Trinajstić information content (AvgIpc) is 2.79. The maximum atomic E-state index is 3.65. The minimum Gasteiger partial charge on any atom is -0.312 e. The Morgan fingerprint density at radius 3 is 2.85 bits per heavy atom. The van der Waals surface area contributed by atoms with Gasteiger partial charge in [0.2, 0.25) is 0 Å². The average molecular weight is 350 g/mol. The Hall–Kier alpha value is -0.640. The van der Waals surface area contributed by atoms with Gasteiger partial charge in [-0.05, 0) is 66.4 Å². The number of aryl methyl sites for hydroxylation is 2. The highest BCUT2D eigenvalue weighted by atomic mass is 79.9. The molecular formula is C17H20BrNS. The summed E-state index contributed by atoms with van der Waals surface area (Å²) in [6.45, 7) is 2.18. The molecule has 2 unspecified atom stereocenters. The van der Waals surface area contributed by atoms with Gasteiger partial charge in [-0.25, -0.2) is 0 Å². The van der Waals surface area contributed by atoms with Crippen LogP contribution in [0, 0.1) is 6.92 Å². The van der Waals surface area contributed by atoms with Crippen molar-refractivity contribution < 1.29 is 0 Å². The summed E-state index contributed by atoms with van der Waals surface area (Å²) < 4.78 is 1.24. The van der Waals surface area contributed by atoms with Crippen LogP contribution in [0.25, 0.3) is 0 Å². The van der Waals surface area contributed by atoms with Crippen molar-refractivity contribution in [2.45, 2.75) is 38.1 Å². The number of hydrogen-bond donors (Lipinski definition) is 1. The summed E-state index contributed by atoms with van der Waals surface area (Å²) >= 11 is 5.56. The first kappa shape index (κ1) is 14.3. The zero-order valence-corrected chi connectivity index (χ0v) is 14.4. The number of fused-ring (bicyclic) bond motifs is 1. The van der Waals surface area contributed by atoms with Crippen LogP contribution in [0.2, 0.25) is 0 Å². The number of halogens is 1. The van der Waals surface area contributed by atoms with Crippen molar-refractivity contribution in [1.82, 2.24) is 5.32 Å². The van der Waals surface area contributed by atoms with Crippen LogP contribution in [-0.2, 0) is 6.42 Å². The molecule has 1 aliphatic rings. The normalized spacial score (nSPS) is 19.6.